The maximum absolute atomic E-state index is 11.9. The minimum Gasteiger partial charge on any atom is -0.423 e. The van der Waals surface area contributed by atoms with E-state index in [0.29, 0.717) is 11.5 Å². The predicted octanol–water partition coefficient (Wildman–Crippen LogP) is 21.6. The predicted molar refractivity (Wildman–Crippen MR) is 373 cm³/mol. The van der Waals surface area contributed by atoms with Gasteiger partial charge in [-0.3, -0.25) is 0 Å². The molecule has 0 aliphatic carbocycles. The van der Waals surface area contributed by atoms with Gasteiger partial charge < -0.3 is 19.3 Å². The Hall–Kier alpha value is -11.9. The van der Waals surface area contributed by atoms with E-state index >= 15 is 0 Å². The van der Waals surface area contributed by atoms with Crippen molar-refractivity contribution in [1.82, 2.24) is 0 Å². The van der Waals surface area contributed by atoms with Gasteiger partial charge in [0.15, 0.2) is 0 Å². The third-order valence-electron chi connectivity index (χ3n) is 15.9. The molecule has 0 N–H and O–H groups in total. The maximum Gasteiger partial charge on any atom is 0.335 e. The zero-order valence-electron chi connectivity index (χ0n) is 50.1. The first-order valence-electron chi connectivity index (χ1n) is 29.9. The molecule has 0 fully saturated rings. The van der Waals surface area contributed by atoms with Gasteiger partial charge in [-0.25, -0.2) is 9.59 Å². The van der Waals surface area contributed by atoms with Crippen molar-refractivity contribution in [1.29, 1.82) is 0 Å². The number of hydrogen-bond donors (Lipinski definition) is 0. The molecular formula is C84H64N2O4. The summed E-state index contributed by atoms with van der Waals surface area (Å²) in [5, 5.41) is 0. The molecule has 0 aliphatic rings. The lowest BCUT2D eigenvalue weighted by Gasteiger charge is -2.28. The van der Waals surface area contributed by atoms with Crippen LogP contribution < -0.4 is 19.3 Å². The first-order chi connectivity index (χ1) is 44.1. The third-order valence-corrected chi connectivity index (χ3v) is 15.9. The van der Waals surface area contributed by atoms with E-state index in [-0.39, 0.29) is 0 Å². The minimum absolute atomic E-state index is 0.461. The van der Waals surface area contributed by atoms with Crippen LogP contribution in [0, 0.1) is 13.8 Å². The number of rotatable bonds is 19. The molecular weight excluding hydrogens is 1100 g/mol. The van der Waals surface area contributed by atoms with Gasteiger partial charge in [0.1, 0.15) is 11.5 Å². The third kappa shape index (κ3) is 13.5. The van der Waals surface area contributed by atoms with E-state index in [1.165, 1.54) is 0 Å². The Morgan fingerprint density at radius 2 is 0.567 bits per heavy atom. The SMILES string of the molecule is C=CC(=O)Oc1ccc(-c2ccc(N(c3ccc(C=C(c4ccccc4)c4ccccc4)cc3)c3ccc(-c4ccc(N(c5ccc(C=C(c6ccccc6)c6ccccc6)cc5)c5ccc(-c6ccc(OC(=O)C=C)cc6)cc5)c(C)c4)cc3C)cc2)cc1. The molecule has 0 heterocycles. The zero-order valence-corrected chi connectivity index (χ0v) is 50.1. The molecule has 6 heteroatoms. The van der Waals surface area contributed by atoms with Crippen molar-refractivity contribution in [2.75, 3.05) is 9.80 Å². The topological polar surface area (TPSA) is 59.1 Å². The Morgan fingerprint density at radius 3 is 0.833 bits per heavy atom. The summed E-state index contributed by atoms with van der Waals surface area (Å²) in [5.74, 6) is -0.0720. The van der Waals surface area contributed by atoms with Crippen LogP contribution in [0.4, 0.5) is 34.1 Å². The van der Waals surface area contributed by atoms with Crippen LogP contribution in [0.25, 0.3) is 56.7 Å². The second kappa shape index (κ2) is 27.2. The summed E-state index contributed by atoms with van der Waals surface area (Å²) in [6.45, 7) is 11.4. The van der Waals surface area contributed by atoms with Crippen molar-refractivity contribution >= 4 is 69.4 Å². The number of esters is 2. The largest absolute Gasteiger partial charge is 0.423 e. The lowest BCUT2D eigenvalue weighted by atomic mass is 9.95. The summed E-state index contributed by atoms with van der Waals surface area (Å²) in [5.41, 5.74) is 23.6. The zero-order chi connectivity index (χ0) is 61.8. The van der Waals surface area contributed by atoms with Gasteiger partial charge in [0, 0.05) is 46.3 Å². The first-order valence-corrected chi connectivity index (χ1v) is 29.9. The van der Waals surface area contributed by atoms with Crippen LogP contribution in [0.2, 0.25) is 0 Å². The molecule has 12 rings (SSSR count). The highest BCUT2D eigenvalue weighted by molar-refractivity contribution is 5.94. The molecule has 0 spiro atoms. The molecule has 0 amide bonds. The van der Waals surface area contributed by atoms with Gasteiger partial charge in [0.05, 0.1) is 0 Å². The Bertz CT molecular complexity index is 4160. The van der Waals surface area contributed by atoms with Crippen molar-refractivity contribution in [2.24, 2.45) is 0 Å². The van der Waals surface area contributed by atoms with Crippen LogP contribution in [-0.4, -0.2) is 11.9 Å². The quantitative estimate of drug-likeness (QED) is 0.0348. The normalized spacial score (nSPS) is 10.7. The van der Waals surface area contributed by atoms with E-state index in [9.17, 15) is 9.59 Å². The molecule has 434 valence electrons. The highest BCUT2D eigenvalue weighted by Gasteiger charge is 2.20. The van der Waals surface area contributed by atoms with E-state index in [1.807, 2.05) is 24.3 Å². The Kier molecular flexibility index (Phi) is 17.7. The molecule has 12 aromatic rings. The standard InChI is InChI=1S/C84H64N2O4/c1-5-83(87)89-77-49-35-65(36-50-77)63-31-45-75(46-32-63)85(73-41-27-61(28-42-73)57-79(67-19-11-7-12-20-67)68-21-13-8-14-22-68)81-53-39-71(55-59(81)3)72-40-54-82(60(4)56-72)86(76-47-33-64(34-48-76)66-37-51-78(52-38-66)90-84(88)6-2)74-43-29-62(30-44-74)58-80(69-23-15-9-16-24-69)70-25-17-10-18-26-70/h5-58H,1-2H2,3-4H3. The van der Waals surface area contributed by atoms with Crippen molar-refractivity contribution < 1.29 is 19.1 Å². The van der Waals surface area contributed by atoms with Gasteiger partial charge in [-0.2, -0.15) is 0 Å². The minimum atomic E-state index is -0.497. The molecule has 0 atom stereocenters. The molecule has 0 aromatic heterocycles. The van der Waals surface area contributed by atoms with E-state index in [4.69, 9.17) is 9.47 Å². The van der Waals surface area contributed by atoms with Crippen LogP contribution >= 0.6 is 0 Å². The number of ether oxygens (including phenoxy) is 2. The van der Waals surface area contributed by atoms with Gasteiger partial charge >= 0.3 is 11.9 Å². The lowest BCUT2D eigenvalue weighted by molar-refractivity contribution is -0.129. The number of nitrogens with zero attached hydrogens (tertiary/aromatic N) is 2. The van der Waals surface area contributed by atoms with Crippen molar-refractivity contribution in [3.63, 3.8) is 0 Å². The number of benzene rings is 12. The van der Waals surface area contributed by atoms with Crippen molar-refractivity contribution in [2.45, 2.75) is 13.8 Å². The first kappa shape index (κ1) is 58.5. The monoisotopic (exact) mass is 1160 g/mol. The van der Waals surface area contributed by atoms with Crippen LogP contribution in [-0.2, 0) is 9.59 Å². The summed E-state index contributed by atoms with van der Waals surface area (Å²) < 4.78 is 10.7. The van der Waals surface area contributed by atoms with E-state index in [0.717, 1.165) is 135 Å². The van der Waals surface area contributed by atoms with Gasteiger partial charge in [0.2, 0.25) is 0 Å². The van der Waals surface area contributed by atoms with Crippen LogP contribution in [0.3, 0.4) is 0 Å². The summed E-state index contributed by atoms with van der Waals surface area (Å²) in [6.07, 6.45) is 6.84. The maximum atomic E-state index is 11.9. The smallest absolute Gasteiger partial charge is 0.335 e. The highest BCUT2D eigenvalue weighted by Crippen LogP contribution is 2.43. The fraction of sp³-hybridized carbons (Fsp3) is 0.0238. The summed E-state index contributed by atoms with van der Waals surface area (Å²) in [7, 11) is 0. The second-order valence-corrected chi connectivity index (χ2v) is 21.8. The van der Waals surface area contributed by atoms with E-state index < -0.39 is 11.9 Å². The number of aryl methyl sites for hydroxylation is 2. The van der Waals surface area contributed by atoms with Crippen molar-refractivity contribution in [3.8, 4) is 44.9 Å². The van der Waals surface area contributed by atoms with E-state index in [2.05, 4.69) is 304 Å². The molecule has 0 saturated heterocycles. The molecule has 0 bridgehead atoms. The number of carbonyl (C=O) groups excluding carboxylic acids is 2. The molecule has 0 radical (unpaired) electrons. The van der Waals surface area contributed by atoms with Gasteiger partial charge in [-0.15, -0.1) is 0 Å². The molecule has 6 nitrogen and oxygen atoms in total. The Morgan fingerprint density at radius 1 is 0.311 bits per heavy atom. The van der Waals surface area contributed by atoms with Gasteiger partial charge in [-0.05, 0) is 212 Å². The van der Waals surface area contributed by atoms with Crippen molar-refractivity contribution in [3.05, 3.63) is 373 Å². The molecule has 90 heavy (non-hydrogen) atoms. The Labute approximate surface area is 527 Å². The van der Waals surface area contributed by atoms with E-state index in [1.54, 1.807) is 24.3 Å². The molecule has 0 saturated carbocycles. The molecule has 0 aliphatic heterocycles. The number of hydrogen-bond acceptors (Lipinski definition) is 6. The average molecular weight is 1170 g/mol. The number of anilines is 6. The van der Waals surface area contributed by atoms with Crippen LogP contribution in [0.1, 0.15) is 44.5 Å². The van der Waals surface area contributed by atoms with Gasteiger partial charge in [0.25, 0.3) is 0 Å². The number of carbonyl (C=O) groups is 2. The fourth-order valence-corrected chi connectivity index (χ4v) is 11.3. The van der Waals surface area contributed by atoms with Crippen LogP contribution in [0.15, 0.2) is 329 Å². The molecule has 12 aromatic carbocycles. The van der Waals surface area contributed by atoms with Gasteiger partial charge in [-0.1, -0.05) is 219 Å². The summed E-state index contributed by atoms with van der Waals surface area (Å²) >= 11 is 0. The van der Waals surface area contributed by atoms with Crippen LogP contribution in [0.5, 0.6) is 11.5 Å². The summed E-state index contributed by atoms with van der Waals surface area (Å²) in [4.78, 5) is 28.4. The highest BCUT2D eigenvalue weighted by atomic mass is 16.5. The Balaban J connectivity index is 0.887. The lowest BCUT2D eigenvalue weighted by Crippen LogP contribution is -2.12. The summed E-state index contributed by atoms with van der Waals surface area (Å²) in [6, 6.07) is 105. The fourth-order valence-electron chi connectivity index (χ4n) is 11.3. The molecule has 0 unspecified atom stereocenters. The average Bonchev–Trinajstić information content (AvgIpc) is 1.06. The second-order valence-electron chi connectivity index (χ2n) is 21.8.